The minimum absolute atomic E-state index is 0.0147. The first-order valence-electron chi connectivity index (χ1n) is 8.26. The molecule has 1 aliphatic carbocycles. The molecule has 0 atom stereocenters. The summed E-state index contributed by atoms with van der Waals surface area (Å²) in [6.07, 6.45) is 6.11. The summed E-state index contributed by atoms with van der Waals surface area (Å²) < 4.78 is 6.07. The van der Waals surface area contributed by atoms with Gasteiger partial charge < -0.3 is 9.84 Å². The Hall–Kier alpha value is -1.86. The van der Waals surface area contributed by atoms with E-state index in [4.69, 9.17) is 22.1 Å². The maximum absolute atomic E-state index is 12.7. The Kier molecular flexibility index (Phi) is 5.75. The van der Waals surface area contributed by atoms with Gasteiger partial charge in [-0.05, 0) is 36.6 Å². The minimum Gasteiger partial charge on any atom is -0.493 e. The molecule has 1 saturated carbocycles. The van der Waals surface area contributed by atoms with E-state index in [1.54, 1.807) is 17.0 Å². The first kappa shape index (κ1) is 17.9. The molecule has 0 bridgehead atoms. The lowest BCUT2D eigenvalue weighted by molar-refractivity contribution is -0.137. The van der Waals surface area contributed by atoms with Crippen LogP contribution in [0.2, 0.25) is 0 Å². The van der Waals surface area contributed by atoms with Crippen LogP contribution in [0.1, 0.15) is 37.7 Å². The van der Waals surface area contributed by atoms with E-state index < -0.39 is 5.97 Å². The fourth-order valence-corrected chi connectivity index (χ4v) is 4.46. The number of hydrogen-bond donors (Lipinski definition) is 1. The number of carbonyl (C=O) groups excluding carboxylic acids is 1. The summed E-state index contributed by atoms with van der Waals surface area (Å²) in [7, 11) is 0. The van der Waals surface area contributed by atoms with Crippen molar-refractivity contribution in [2.45, 2.75) is 38.1 Å². The topological polar surface area (TPSA) is 66.8 Å². The van der Waals surface area contributed by atoms with Gasteiger partial charge in [0, 0.05) is 6.04 Å². The molecule has 1 heterocycles. The number of hydrogen-bond acceptors (Lipinski definition) is 5. The fourth-order valence-electron chi connectivity index (χ4n) is 3.06. The Balaban J connectivity index is 1.71. The molecular weight excluding hydrogens is 358 g/mol. The molecule has 3 rings (SSSR count). The molecule has 1 aromatic carbocycles. The first-order valence-corrected chi connectivity index (χ1v) is 9.49. The molecule has 5 nitrogen and oxygen atoms in total. The Bertz CT molecular complexity index is 726. The van der Waals surface area contributed by atoms with Crippen LogP contribution < -0.4 is 4.74 Å². The van der Waals surface area contributed by atoms with Crippen molar-refractivity contribution in [3.8, 4) is 5.75 Å². The van der Waals surface area contributed by atoms with Gasteiger partial charge in [0.05, 0.1) is 17.9 Å². The first-order chi connectivity index (χ1) is 12.0. The van der Waals surface area contributed by atoms with E-state index in [0.29, 0.717) is 15.0 Å². The van der Waals surface area contributed by atoms with Crippen molar-refractivity contribution in [3.05, 3.63) is 34.7 Å². The van der Waals surface area contributed by atoms with Gasteiger partial charge in [-0.15, -0.1) is 0 Å². The van der Waals surface area contributed by atoms with Crippen LogP contribution in [0.4, 0.5) is 0 Å². The summed E-state index contributed by atoms with van der Waals surface area (Å²) in [5, 5.41) is 8.66. The Morgan fingerprint density at radius 1 is 1.40 bits per heavy atom. The third-order valence-corrected chi connectivity index (χ3v) is 5.58. The van der Waals surface area contributed by atoms with E-state index in [2.05, 4.69) is 0 Å². The summed E-state index contributed by atoms with van der Waals surface area (Å²) in [5.41, 5.74) is 0.833. The number of rotatable bonds is 6. The van der Waals surface area contributed by atoms with Crippen molar-refractivity contribution in [1.82, 2.24) is 4.90 Å². The lowest BCUT2D eigenvalue weighted by atomic mass is 10.2. The van der Waals surface area contributed by atoms with Gasteiger partial charge in [0.25, 0.3) is 5.91 Å². The van der Waals surface area contributed by atoms with Crippen molar-refractivity contribution in [1.29, 1.82) is 0 Å². The van der Waals surface area contributed by atoms with E-state index in [1.807, 2.05) is 18.2 Å². The maximum atomic E-state index is 12.7. The van der Waals surface area contributed by atoms with Crippen LogP contribution in [-0.2, 0) is 9.59 Å². The number of carbonyl (C=O) groups is 2. The molecule has 1 aromatic rings. The summed E-state index contributed by atoms with van der Waals surface area (Å²) in [6, 6.07) is 7.50. The normalized spacial score (nSPS) is 19.8. The standard InChI is InChI=1S/C18H19NO4S2/c20-16(21)8-9-23-14-7-3-4-12(10-14)11-15-17(22)19(18(24)25-15)13-5-1-2-6-13/h3-4,7,10-11,13H,1-2,5-6,8-9H2,(H,20,21)/b15-11+. The van der Waals surface area contributed by atoms with Gasteiger partial charge in [-0.1, -0.05) is 49.0 Å². The minimum atomic E-state index is -0.897. The smallest absolute Gasteiger partial charge is 0.306 e. The van der Waals surface area contributed by atoms with Crippen LogP contribution >= 0.6 is 24.0 Å². The van der Waals surface area contributed by atoms with E-state index in [1.165, 1.54) is 11.8 Å². The largest absolute Gasteiger partial charge is 0.493 e. The van der Waals surface area contributed by atoms with E-state index in [9.17, 15) is 9.59 Å². The average Bonchev–Trinajstić information content (AvgIpc) is 3.16. The second-order valence-corrected chi connectivity index (χ2v) is 7.73. The number of carboxylic acid groups (broad SMARTS) is 1. The number of benzene rings is 1. The van der Waals surface area contributed by atoms with E-state index in [0.717, 1.165) is 31.2 Å². The molecule has 7 heteroatoms. The third-order valence-electron chi connectivity index (χ3n) is 4.25. The number of carboxylic acids is 1. The van der Waals surface area contributed by atoms with Crippen LogP contribution in [0.25, 0.3) is 6.08 Å². The molecule has 0 radical (unpaired) electrons. The van der Waals surface area contributed by atoms with Gasteiger partial charge in [-0.25, -0.2) is 0 Å². The number of amides is 1. The second kappa shape index (κ2) is 8.01. The highest BCUT2D eigenvalue weighted by atomic mass is 32.2. The maximum Gasteiger partial charge on any atom is 0.306 e. The van der Waals surface area contributed by atoms with Crippen molar-refractivity contribution in [2.24, 2.45) is 0 Å². The van der Waals surface area contributed by atoms with Crippen LogP contribution in [0.15, 0.2) is 29.2 Å². The quantitative estimate of drug-likeness (QED) is 0.602. The lowest BCUT2D eigenvalue weighted by Crippen LogP contribution is -2.36. The molecule has 1 aliphatic heterocycles. The highest BCUT2D eigenvalue weighted by Crippen LogP contribution is 2.37. The Morgan fingerprint density at radius 3 is 2.88 bits per heavy atom. The molecule has 132 valence electrons. The van der Waals surface area contributed by atoms with Gasteiger partial charge in [0.15, 0.2) is 0 Å². The lowest BCUT2D eigenvalue weighted by Gasteiger charge is -2.21. The second-order valence-electron chi connectivity index (χ2n) is 6.05. The summed E-state index contributed by atoms with van der Waals surface area (Å²) >= 11 is 6.74. The predicted octanol–water partition coefficient (Wildman–Crippen LogP) is 3.68. The Labute approximate surface area is 156 Å². The average molecular weight is 377 g/mol. The van der Waals surface area contributed by atoms with Crippen molar-refractivity contribution in [3.63, 3.8) is 0 Å². The number of thiocarbonyl (C=S) groups is 1. The molecular formula is C18H19NO4S2. The van der Waals surface area contributed by atoms with Gasteiger partial charge >= 0.3 is 5.97 Å². The monoisotopic (exact) mass is 377 g/mol. The highest BCUT2D eigenvalue weighted by molar-refractivity contribution is 8.26. The van der Waals surface area contributed by atoms with Crippen molar-refractivity contribution < 1.29 is 19.4 Å². The van der Waals surface area contributed by atoms with Gasteiger partial charge in [-0.2, -0.15) is 0 Å². The van der Waals surface area contributed by atoms with Crippen LogP contribution in [0, 0.1) is 0 Å². The molecule has 0 aromatic heterocycles. The molecule has 1 saturated heterocycles. The van der Waals surface area contributed by atoms with Gasteiger partial charge in [0.2, 0.25) is 0 Å². The zero-order valence-corrected chi connectivity index (χ0v) is 15.3. The summed E-state index contributed by atoms with van der Waals surface area (Å²) in [4.78, 5) is 25.6. The SMILES string of the molecule is O=C(O)CCOc1cccc(/C=C2/SC(=S)N(C3CCCC3)C2=O)c1. The predicted molar refractivity (Wildman–Crippen MR) is 101 cm³/mol. The highest BCUT2D eigenvalue weighted by Gasteiger charge is 2.37. The van der Waals surface area contributed by atoms with Crippen molar-refractivity contribution >= 4 is 46.3 Å². The Morgan fingerprint density at radius 2 is 2.16 bits per heavy atom. The third kappa shape index (κ3) is 4.41. The molecule has 1 amide bonds. The van der Waals surface area contributed by atoms with Crippen LogP contribution in [-0.4, -0.2) is 38.9 Å². The molecule has 25 heavy (non-hydrogen) atoms. The summed E-state index contributed by atoms with van der Waals surface area (Å²) in [5.74, 6) is -0.327. The zero-order valence-electron chi connectivity index (χ0n) is 13.6. The molecule has 2 fully saturated rings. The fraction of sp³-hybridized carbons (Fsp3) is 0.389. The number of ether oxygens (including phenoxy) is 1. The molecule has 2 aliphatic rings. The number of thioether (sulfide) groups is 1. The number of nitrogens with zero attached hydrogens (tertiary/aromatic N) is 1. The molecule has 1 N–H and O–H groups in total. The zero-order chi connectivity index (χ0) is 17.8. The van der Waals surface area contributed by atoms with E-state index in [-0.39, 0.29) is 25.0 Å². The van der Waals surface area contributed by atoms with E-state index >= 15 is 0 Å². The molecule has 0 spiro atoms. The summed E-state index contributed by atoms with van der Waals surface area (Å²) in [6.45, 7) is 0.114. The number of aliphatic carboxylic acids is 1. The van der Waals surface area contributed by atoms with Crippen LogP contribution in [0.5, 0.6) is 5.75 Å². The van der Waals surface area contributed by atoms with Crippen LogP contribution in [0.3, 0.4) is 0 Å². The van der Waals surface area contributed by atoms with Crippen molar-refractivity contribution in [2.75, 3.05) is 6.61 Å². The molecule has 0 unspecified atom stereocenters. The van der Waals surface area contributed by atoms with Gasteiger partial charge in [0.1, 0.15) is 10.1 Å². The van der Waals surface area contributed by atoms with Gasteiger partial charge in [-0.3, -0.25) is 14.5 Å².